The molecular formula is C15H16Cl2N2O2S. The fourth-order valence-corrected chi connectivity index (χ4v) is 4.59. The number of sulfonamides is 1. The molecule has 22 heavy (non-hydrogen) atoms. The molecule has 1 aromatic heterocycles. The van der Waals surface area contributed by atoms with Crippen molar-refractivity contribution in [1.29, 1.82) is 0 Å². The Morgan fingerprint density at radius 2 is 1.77 bits per heavy atom. The van der Waals surface area contributed by atoms with Crippen molar-refractivity contribution in [2.45, 2.75) is 31.7 Å². The number of pyridine rings is 1. The van der Waals surface area contributed by atoms with Gasteiger partial charge in [0.25, 0.3) is 0 Å². The Morgan fingerprint density at radius 3 is 2.36 bits per heavy atom. The number of hydrogen-bond acceptors (Lipinski definition) is 3. The summed E-state index contributed by atoms with van der Waals surface area (Å²) in [5, 5.41) is 0.565. The van der Waals surface area contributed by atoms with E-state index in [2.05, 4.69) is 9.71 Å². The normalized spacial score (nSPS) is 13.1. The molecule has 0 aliphatic rings. The highest BCUT2D eigenvalue weighted by Crippen LogP contribution is 2.34. The molecule has 2 rings (SSSR count). The van der Waals surface area contributed by atoms with Crippen LogP contribution in [-0.4, -0.2) is 13.4 Å². The molecule has 1 atom stereocenters. The quantitative estimate of drug-likeness (QED) is 0.896. The fourth-order valence-electron chi connectivity index (χ4n) is 2.15. The van der Waals surface area contributed by atoms with E-state index in [1.807, 2.05) is 0 Å². The van der Waals surface area contributed by atoms with E-state index in [4.69, 9.17) is 23.2 Å². The predicted octanol–water partition coefficient (Wildman–Crippen LogP) is 4.04. The van der Waals surface area contributed by atoms with Gasteiger partial charge in [0, 0.05) is 23.5 Å². The number of nitrogens with zero attached hydrogens (tertiary/aromatic N) is 1. The Labute approximate surface area is 140 Å². The molecule has 4 nitrogen and oxygen atoms in total. The molecule has 0 fully saturated rings. The summed E-state index contributed by atoms with van der Waals surface area (Å²) < 4.78 is 28.0. The molecule has 0 aliphatic carbocycles. The first-order chi connectivity index (χ1) is 10.2. The highest BCUT2D eigenvalue weighted by atomic mass is 35.5. The molecule has 0 radical (unpaired) electrons. The van der Waals surface area contributed by atoms with Crippen LogP contribution in [0.1, 0.15) is 29.7 Å². The van der Waals surface area contributed by atoms with Crippen LogP contribution in [0, 0.1) is 13.8 Å². The zero-order valence-electron chi connectivity index (χ0n) is 12.4. The van der Waals surface area contributed by atoms with Crippen LogP contribution in [0.25, 0.3) is 0 Å². The van der Waals surface area contributed by atoms with Gasteiger partial charge in [-0.15, -0.1) is 0 Å². The Kier molecular flexibility index (Phi) is 5.12. The summed E-state index contributed by atoms with van der Waals surface area (Å²) in [7, 11) is -3.80. The molecule has 0 spiro atoms. The van der Waals surface area contributed by atoms with Gasteiger partial charge in [-0.25, -0.2) is 13.1 Å². The number of benzene rings is 1. The largest absolute Gasteiger partial charge is 0.265 e. The molecular weight excluding hydrogens is 343 g/mol. The number of aromatic nitrogens is 1. The lowest BCUT2D eigenvalue weighted by Gasteiger charge is -2.18. The predicted molar refractivity (Wildman–Crippen MR) is 88.9 cm³/mol. The number of rotatable bonds is 4. The standard InChI is InChI=1S/C15H16Cl2N2O2S/c1-9-8-13(16)10(2)15(14(9)17)22(20,21)19-11(3)12-4-6-18-7-5-12/h4-8,11,19H,1-3H3/t11-/m0/s1. The average molecular weight is 359 g/mol. The Balaban J connectivity index is 2.44. The number of aryl methyl sites for hydroxylation is 1. The van der Waals surface area contributed by atoms with E-state index >= 15 is 0 Å². The molecule has 0 saturated heterocycles. The Bertz CT molecular complexity index is 767. The summed E-state index contributed by atoms with van der Waals surface area (Å²) in [6, 6.07) is 4.75. The van der Waals surface area contributed by atoms with Crippen LogP contribution >= 0.6 is 23.2 Å². The fraction of sp³-hybridized carbons (Fsp3) is 0.267. The second-order valence-electron chi connectivity index (χ2n) is 5.07. The van der Waals surface area contributed by atoms with Gasteiger partial charge in [0.05, 0.1) is 5.02 Å². The van der Waals surface area contributed by atoms with Crippen molar-refractivity contribution < 1.29 is 8.42 Å². The Morgan fingerprint density at radius 1 is 1.18 bits per heavy atom. The minimum Gasteiger partial charge on any atom is -0.265 e. The van der Waals surface area contributed by atoms with Crippen molar-refractivity contribution in [3.8, 4) is 0 Å². The van der Waals surface area contributed by atoms with Gasteiger partial charge in [-0.2, -0.15) is 0 Å². The lowest BCUT2D eigenvalue weighted by molar-refractivity contribution is 0.566. The lowest BCUT2D eigenvalue weighted by atomic mass is 10.1. The third-order valence-electron chi connectivity index (χ3n) is 3.39. The summed E-state index contributed by atoms with van der Waals surface area (Å²) in [6.07, 6.45) is 3.23. The average Bonchev–Trinajstić information content (AvgIpc) is 2.45. The highest BCUT2D eigenvalue weighted by molar-refractivity contribution is 7.89. The third kappa shape index (κ3) is 3.43. The molecule has 118 valence electrons. The minimum atomic E-state index is -3.80. The Hall–Kier alpha value is -1.14. The van der Waals surface area contributed by atoms with E-state index in [0.29, 0.717) is 16.1 Å². The van der Waals surface area contributed by atoms with Gasteiger partial charge in [-0.1, -0.05) is 23.2 Å². The summed E-state index contributed by atoms with van der Waals surface area (Å²) in [5.41, 5.74) is 1.87. The maximum atomic E-state index is 12.7. The molecule has 0 amide bonds. The maximum absolute atomic E-state index is 12.7. The maximum Gasteiger partial charge on any atom is 0.242 e. The van der Waals surface area contributed by atoms with E-state index in [1.165, 1.54) is 0 Å². The van der Waals surface area contributed by atoms with Crippen LogP contribution in [0.2, 0.25) is 10.0 Å². The molecule has 1 N–H and O–H groups in total. The van der Waals surface area contributed by atoms with Gasteiger partial charge < -0.3 is 0 Å². The van der Waals surface area contributed by atoms with Crippen molar-refractivity contribution in [2.75, 3.05) is 0 Å². The van der Waals surface area contributed by atoms with Crippen LogP contribution in [0.5, 0.6) is 0 Å². The van der Waals surface area contributed by atoms with Gasteiger partial charge in [-0.3, -0.25) is 4.98 Å². The van der Waals surface area contributed by atoms with Crippen molar-refractivity contribution in [3.05, 3.63) is 57.3 Å². The van der Waals surface area contributed by atoms with E-state index in [9.17, 15) is 8.42 Å². The van der Waals surface area contributed by atoms with E-state index < -0.39 is 16.1 Å². The smallest absolute Gasteiger partial charge is 0.242 e. The van der Waals surface area contributed by atoms with Crippen LogP contribution in [-0.2, 0) is 10.0 Å². The van der Waals surface area contributed by atoms with Gasteiger partial charge >= 0.3 is 0 Å². The number of nitrogens with one attached hydrogen (secondary N) is 1. The molecule has 1 aromatic carbocycles. The van der Waals surface area contributed by atoms with E-state index in [-0.39, 0.29) is 9.92 Å². The summed E-state index contributed by atoms with van der Waals surface area (Å²) >= 11 is 12.3. The van der Waals surface area contributed by atoms with Crippen molar-refractivity contribution >= 4 is 33.2 Å². The van der Waals surface area contributed by atoms with Crippen molar-refractivity contribution in [1.82, 2.24) is 9.71 Å². The topological polar surface area (TPSA) is 59.1 Å². The number of hydrogen-bond donors (Lipinski definition) is 1. The molecule has 1 heterocycles. The molecule has 7 heteroatoms. The van der Waals surface area contributed by atoms with Crippen LogP contribution < -0.4 is 4.72 Å². The second kappa shape index (κ2) is 6.54. The van der Waals surface area contributed by atoms with Crippen molar-refractivity contribution in [3.63, 3.8) is 0 Å². The van der Waals surface area contributed by atoms with Gasteiger partial charge in [0.15, 0.2) is 0 Å². The zero-order valence-corrected chi connectivity index (χ0v) is 14.7. The third-order valence-corrected chi connectivity index (χ3v) is 6.10. The summed E-state index contributed by atoms with van der Waals surface area (Å²) in [6.45, 7) is 5.12. The van der Waals surface area contributed by atoms with Gasteiger partial charge in [0.2, 0.25) is 10.0 Å². The number of halogens is 2. The molecule has 0 saturated carbocycles. The van der Waals surface area contributed by atoms with E-state index in [0.717, 1.165) is 5.56 Å². The minimum absolute atomic E-state index is 0.0278. The molecule has 0 bridgehead atoms. The van der Waals surface area contributed by atoms with E-state index in [1.54, 1.807) is 51.4 Å². The second-order valence-corrected chi connectivity index (χ2v) is 7.50. The highest BCUT2D eigenvalue weighted by Gasteiger charge is 2.25. The zero-order chi connectivity index (χ0) is 16.5. The first-order valence-electron chi connectivity index (χ1n) is 6.61. The first-order valence-corrected chi connectivity index (χ1v) is 8.85. The lowest BCUT2D eigenvalue weighted by Crippen LogP contribution is -2.28. The van der Waals surface area contributed by atoms with Crippen LogP contribution in [0.3, 0.4) is 0 Å². The van der Waals surface area contributed by atoms with Crippen LogP contribution in [0.4, 0.5) is 0 Å². The van der Waals surface area contributed by atoms with Gasteiger partial charge in [-0.05, 0) is 55.7 Å². The summed E-state index contributed by atoms with van der Waals surface area (Å²) in [5.74, 6) is 0. The SMILES string of the molecule is Cc1cc(Cl)c(C)c(S(=O)(=O)N[C@@H](C)c2ccncc2)c1Cl. The van der Waals surface area contributed by atoms with Crippen molar-refractivity contribution in [2.24, 2.45) is 0 Å². The van der Waals surface area contributed by atoms with Gasteiger partial charge in [0.1, 0.15) is 4.90 Å². The first kappa shape index (κ1) is 17.2. The van der Waals surface area contributed by atoms with Crippen LogP contribution in [0.15, 0.2) is 35.5 Å². The molecule has 0 unspecified atom stereocenters. The summed E-state index contributed by atoms with van der Waals surface area (Å²) in [4.78, 5) is 3.95. The molecule has 2 aromatic rings. The monoisotopic (exact) mass is 358 g/mol. The molecule has 0 aliphatic heterocycles.